The Balaban J connectivity index is 1.93. The molecule has 94 valence electrons. The molecule has 2 saturated heterocycles. The lowest BCUT2D eigenvalue weighted by molar-refractivity contribution is 0.0246. The lowest BCUT2D eigenvalue weighted by atomic mass is 9.91. The Hall–Kier alpha value is -0.120. The predicted octanol–water partition coefficient (Wildman–Crippen LogP) is 1.63. The van der Waals surface area contributed by atoms with Crippen LogP contribution in [0.1, 0.15) is 40.5 Å². The molecular formula is C13H26N2O. The van der Waals surface area contributed by atoms with Crippen LogP contribution in [0.4, 0.5) is 0 Å². The molecule has 0 radical (unpaired) electrons. The second-order valence-corrected chi connectivity index (χ2v) is 6.70. The van der Waals surface area contributed by atoms with Gasteiger partial charge in [0, 0.05) is 37.3 Å². The Morgan fingerprint density at radius 1 is 1.19 bits per heavy atom. The highest BCUT2D eigenvalue weighted by Crippen LogP contribution is 2.22. The van der Waals surface area contributed by atoms with E-state index in [1.807, 2.05) is 0 Å². The van der Waals surface area contributed by atoms with E-state index in [0.717, 1.165) is 26.2 Å². The van der Waals surface area contributed by atoms with E-state index in [1.54, 1.807) is 0 Å². The fourth-order valence-corrected chi connectivity index (χ4v) is 3.37. The molecule has 0 amide bonds. The molecule has 3 heteroatoms. The maximum Gasteiger partial charge on any atom is 0.0702 e. The molecule has 0 aromatic carbocycles. The molecule has 1 N–H and O–H groups in total. The number of nitrogens with zero attached hydrogens (tertiary/aromatic N) is 1. The largest absolute Gasteiger partial charge is 0.377 e. The fourth-order valence-electron chi connectivity index (χ4n) is 3.37. The summed E-state index contributed by atoms with van der Waals surface area (Å²) in [6, 6.07) is 0. The Morgan fingerprint density at radius 2 is 1.81 bits per heavy atom. The van der Waals surface area contributed by atoms with Crippen LogP contribution >= 0.6 is 0 Å². The first-order valence-electron chi connectivity index (χ1n) is 6.50. The van der Waals surface area contributed by atoms with E-state index in [4.69, 9.17) is 4.74 Å². The van der Waals surface area contributed by atoms with E-state index < -0.39 is 0 Å². The zero-order chi connectivity index (χ0) is 11.8. The molecule has 2 fully saturated rings. The van der Waals surface area contributed by atoms with E-state index >= 15 is 0 Å². The molecule has 0 aromatic heterocycles. The number of hydrogen-bond acceptors (Lipinski definition) is 3. The van der Waals surface area contributed by atoms with Crippen molar-refractivity contribution >= 4 is 0 Å². The van der Waals surface area contributed by atoms with Gasteiger partial charge in [0.1, 0.15) is 0 Å². The van der Waals surface area contributed by atoms with Crippen molar-refractivity contribution in [3.05, 3.63) is 0 Å². The van der Waals surface area contributed by atoms with E-state index in [-0.39, 0.29) is 11.1 Å². The van der Waals surface area contributed by atoms with Crippen molar-refractivity contribution in [2.24, 2.45) is 0 Å². The molecule has 1 atom stereocenters. The van der Waals surface area contributed by atoms with Crippen molar-refractivity contribution in [3.63, 3.8) is 0 Å². The van der Waals surface area contributed by atoms with Crippen LogP contribution in [0.15, 0.2) is 0 Å². The molecule has 2 heterocycles. The van der Waals surface area contributed by atoms with Gasteiger partial charge in [-0.25, -0.2) is 0 Å². The number of piperazine rings is 1. The molecule has 3 nitrogen and oxygen atoms in total. The highest BCUT2D eigenvalue weighted by molar-refractivity contribution is 4.98. The third-order valence-electron chi connectivity index (χ3n) is 3.40. The van der Waals surface area contributed by atoms with Gasteiger partial charge >= 0.3 is 0 Å². The summed E-state index contributed by atoms with van der Waals surface area (Å²) in [5.74, 6) is 0. The number of nitrogens with one attached hydrogen (secondary N) is 1. The van der Waals surface area contributed by atoms with Crippen LogP contribution in [0.25, 0.3) is 0 Å². The third kappa shape index (κ3) is 3.19. The maximum absolute atomic E-state index is 5.73. The minimum atomic E-state index is 0.209. The second kappa shape index (κ2) is 4.28. The summed E-state index contributed by atoms with van der Waals surface area (Å²) in [7, 11) is 0. The summed E-state index contributed by atoms with van der Waals surface area (Å²) in [6.45, 7) is 13.5. The van der Waals surface area contributed by atoms with E-state index in [2.05, 4.69) is 37.9 Å². The van der Waals surface area contributed by atoms with Crippen LogP contribution in [0.2, 0.25) is 0 Å². The van der Waals surface area contributed by atoms with Gasteiger partial charge in [-0.05, 0) is 40.5 Å². The highest BCUT2D eigenvalue weighted by Gasteiger charge is 2.37. The summed E-state index contributed by atoms with van der Waals surface area (Å²) in [4.78, 5) is 2.56. The van der Waals surface area contributed by atoms with Gasteiger partial charge in [0.05, 0.1) is 6.10 Å². The lowest BCUT2D eigenvalue weighted by Gasteiger charge is -2.48. The van der Waals surface area contributed by atoms with Crippen molar-refractivity contribution in [1.29, 1.82) is 0 Å². The summed E-state index contributed by atoms with van der Waals surface area (Å²) in [5.41, 5.74) is 0.417. The molecule has 0 aromatic rings. The smallest absolute Gasteiger partial charge is 0.0702 e. The van der Waals surface area contributed by atoms with E-state index in [1.165, 1.54) is 12.8 Å². The Labute approximate surface area is 99.5 Å². The minimum absolute atomic E-state index is 0.209. The molecule has 0 bridgehead atoms. The van der Waals surface area contributed by atoms with Crippen LogP contribution in [0.3, 0.4) is 0 Å². The van der Waals surface area contributed by atoms with Crippen molar-refractivity contribution in [2.45, 2.75) is 57.7 Å². The summed E-state index contributed by atoms with van der Waals surface area (Å²) in [6.07, 6.45) is 2.96. The summed E-state index contributed by atoms with van der Waals surface area (Å²) >= 11 is 0. The standard InChI is InChI=1S/C13H26N2O/c1-12(2)9-15(10-13(3,4)14-12)8-11-6-5-7-16-11/h11,14H,5-10H2,1-4H3. The number of rotatable bonds is 2. The van der Waals surface area contributed by atoms with Crippen molar-refractivity contribution < 1.29 is 4.74 Å². The Morgan fingerprint density at radius 3 is 2.31 bits per heavy atom. The maximum atomic E-state index is 5.73. The van der Waals surface area contributed by atoms with Crippen LogP contribution in [-0.2, 0) is 4.74 Å². The molecular weight excluding hydrogens is 200 g/mol. The summed E-state index contributed by atoms with van der Waals surface area (Å²) < 4.78 is 5.73. The Kier molecular flexibility index (Phi) is 3.30. The van der Waals surface area contributed by atoms with Gasteiger partial charge in [0.2, 0.25) is 0 Å². The number of hydrogen-bond donors (Lipinski definition) is 1. The molecule has 2 aliphatic heterocycles. The fraction of sp³-hybridized carbons (Fsp3) is 1.00. The van der Waals surface area contributed by atoms with E-state index in [0.29, 0.717) is 6.10 Å². The molecule has 2 aliphatic rings. The molecule has 0 saturated carbocycles. The molecule has 0 spiro atoms. The Bertz CT molecular complexity index is 228. The summed E-state index contributed by atoms with van der Waals surface area (Å²) in [5, 5.41) is 3.70. The zero-order valence-electron chi connectivity index (χ0n) is 11.2. The molecule has 2 rings (SSSR count). The second-order valence-electron chi connectivity index (χ2n) is 6.70. The quantitative estimate of drug-likeness (QED) is 0.774. The van der Waals surface area contributed by atoms with Crippen LogP contribution < -0.4 is 5.32 Å². The number of ether oxygens (including phenoxy) is 1. The van der Waals surface area contributed by atoms with Gasteiger partial charge in [-0.2, -0.15) is 0 Å². The van der Waals surface area contributed by atoms with Crippen molar-refractivity contribution in [2.75, 3.05) is 26.2 Å². The molecule has 1 unspecified atom stereocenters. The van der Waals surface area contributed by atoms with Gasteiger partial charge in [-0.1, -0.05) is 0 Å². The van der Waals surface area contributed by atoms with Gasteiger partial charge in [0.15, 0.2) is 0 Å². The average Bonchev–Trinajstić information content (AvgIpc) is 2.49. The van der Waals surface area contributed by atoms with Gasteiger partial charge < -0.3 is 10.1 Å². The molecule has 16 heavy (non-hydrogen) atoms. The van der Waals surface area contributed by atoms with Crippen molar-refractivity contribution in [1.82, 2.24) is 10.2 Å². The van der Waals surface area contributed by atoms with Gasteiger partial charge in [-0.15, -0.1) is 0 Å². The van der Waals surface area contributed by atoms with Crippen LogP contribution in [0.5, 0.6) is 0 Å². The van der Waals surface area contributed by atoms with Crippen LogP contribution in [0, 0.1) is 0 Å². The van der Waals surface area contributed by atoms with Crippen LogP contribution in [-0.4, -0.2) is 48.3 Å². The topological polar surface area (TPSA) is 24.5 Å². The third-order valence-corrected chi connectivity index (χ3v) is 3.40. The molecule has 0 aliphatic carbocycles. The predicted molar refractivity (Wildman–Crippen MR) is 66.7 cm³/mol. The first-order valence-corrected chi connectivity index (χ1v) is 6.50. The SMILES string of the molecule is CC1(C)CN(CC2CCCO2)CC(C)(C)N1. The van der Waals surface area contributed by atoms with Crippen molar-refractivity contribution in [3.8, 4) is 0 Å². The zero-order valence-corrected chi connectivity index (χ0v) is 11.2. The van der Waals surface area contributed by atoms with E-state index in [9.17, 15) is 0 Å². The minimum Gasteiger partial charge on any atom is -0.377 e. The lowest BCUT2D eigenvalue weighted by Crippen LogP contribution is -2.67. The first kappa shape index (κ1) is 12.3. The van der Waals surface area contributed by atoms with Gasteiger partial charge in [0.25, 0.3) is 0 Å². The average molecular weight is 226 g/mol. The van der Waals surface area contributed by atoms with Gasteiger partial charge in [-0.3, -0.25) is 4.90 Å². The normalized spacial score (nSPS) is 34.1. The highest BCUT2D eigenvalue weighted by atomic mass is 16.5. The first-order chi connectivity index (χ1) is 7.36. The monoisotopic (exact) mass is 226 g/mol.